The maximum Gasteiger partial charge on any atom is 0.208 e. The zero-order chi connectivity index (χ0) is 15.2. The minimum absolute atomic E-state index is 0.296. The molecule has 0 saturated carbocycles. The van der Waals surface area contributed by atoms with Gasteiger partial charge in [0.25, 0.3) is 0 Å². The number of rotatable bonds is 8. The molecule has 0 aliphatic heterocycles. The molecule has 0 aromatic heterocycles. The Hall–Kier alpha value is -1.38. The molecule has 4 N–H and O–H groups in total. The number of thiocarbonyl (C=S) groups is 1. The van der Waals surface area contributed by atoms with E-state index in [1.165, 1.54) is 0 Å². The number of methoxy groups -OCH3 is 1. The minimum Gasteiger partial charge on any atom is -0.497 e. The Morgan fingerprint density at radius 1 is 1.40 bits per heavy atom. The van der Waals surface area contributed by atoms with Crippen molar-refractivity contribution in [3.05, 3.63) is 23.8 Å². The highest BCUT2D eigenvalue weighted by Gasteiger charge is 2.06. The number of nitrogens with one attached hydrogen (secondary N) is 2. The molecule has 8 heteroatoms. The second kappa shape index (κ2) is 7.41. The lowest BCUT2D eigenvalue weighted by Gasteiger charge is -2.12. The van der Waals surface area contributed by atoms with Crippen LogP contribution in [0.15, 0.2) is 18.2 Å². The molecule has 112 valence electrons. The predicted octanol–water partition coefficient (Wildman–Crippen LogP) is 0.681. The smallest absolute Gasteiger partial charge is 0.208 e. The van der Waals surface area contributed by atoms with E-state index in [1.807, 2.05) is 0 Å². The van der Waals surface area contributed by atoms with Gasteiger partial charge in [-0.25, -0.2) is 13.1 Å². The summed E-state index contributed by atoms with van der Waals surface area (Å²) in [6, 6.07) is 5.38. The number of sulfonamides is 1. The van der Waals surface area contributed by atoms with Crippen LogP contribution >= 0.6 is 12.2 Å². The Morgan fingerprint density at radius 3 is 2.65 bits per heavy atom. The first-order valence-corrected chi connectivity index (χ1v) is 8.30. The minimum atomic E-state index is -3.14. The molecule has 0 aliphatic rings. The number of ether oxygens (including phenoxy) is 1. The van der Waals surface area contributed by atoms with Crippen molar-refractivity contribution in [3.8, 4) is 5.75 Å². The molecule has 0 spiro atoms. The topological polar surface area (TPSA) is 93.4 Å². The summed E-state index contributed by atoms with van der Waals surface area (Å²) in [5, 5.41) is 3.17. The summed E-state index contributed by atoms with van der Waals surface area (Å²) in [6.07, 6.45) is 1.77. The van der Waals surface area contributed by atoms with Crippen LogP contribution in [0.5, 0.6) is 5.75 Å². The number of hydrogen-bond donors (Lipinski definition) is 3. The molecule has 1 rings (SSSR count). The van der Waals surface area contributed by atoms with Crippen LogP contribution < -0.4 is 20.5 Å². The fraction of sp³-hybridized carbons (Fsp3) is 0.417. The van der Waals surface area contributed by atoms with E-state index < -0.39 is 10.0 Å². The second-order valence-electron chi connectivity index (χ2n) is 4.22. The largest absolute Gasteiger partial charge is 0.497 e. The molecule has 0 aliphatic carbocycles. The van der Waals surface area contributed by atoms with E-state index in [0.29, 0.717) is 30.2 Å². The van der Waals surface area contributed by atoms with Crippen LogP contribution in [0.1, 0.15) is 12.0 Å². The first-order valence-electron chi connectivity index (χ1n) is 6.00. The lowest BCUT2D eigenvalue weighted by Crippen LogP contribution is -2.24. The molecule has 1 aromatic carbocycles. The van der Waals surface area contributed by atoms with E-state index in [2.05, 4.69) is 10.0 Å². The number of hydrogen-bond acceptors (Lipinski definition) is 5. The lowest BCUT2D eigenvalue weighted by molar-refractivity contribution is 0.415. The molecular weight excluding hydrogens is 298 g/mol. The van der Waals surface area contributed by atoms with Gasteiger partial charge in [-0.1, -0.05) is 12.2 Å². The summed E-state index contributed by atoms with van der Waals surface area (Å²) in [5.74, 6) is 0.696. The van der Waals surface area contributed by atoms with Gasteiger partial charge in [-0.05, 0) is 18.6 Å². The van der Waals surface area contributed by atoms with E-state index in [0.717, 1.165) is 17.5 Å². The SMILES string of the molecule is COc1ccc(C(N)=S)c(NCCCNS(C)(=O)=O)c1. The van der Waals surface area contributed by atoms with Crippen molar-refractivity contribution >= 4 is 32.9 Å². The average molecular weight is 317 g/mol. The molecule has 0 bridgehead atoms. The van der Waals surface area contributed by atoms with Crippen molar-refractivity contribution in [2.45, 2.75) is 6.42 Å². The summed E-state index contributed by atoms with van der Waals surface area (Å²) in [7, 11) is -1.56. The summed E-state index contributed by atoms with van der Waals surface area (Å²) < 4.78 is 29.4. The third-order valence-electron chi connectivity index (χ3n) is 2.53. The molecule has 0 unspecified atom stereocenters. The molecule has 6 nitrogen and oxygen atoms in total. The van der Waals surface area contributed by atoms with Crippen LogP contribution in [0.25, 0.3) is 0 Å². The van der Waals surface area contributed by atoms with Crippen molar-refractivity contribution < 1.29 is 13.2 Å². The zero-order valence-corrected chi connectivity index (χ0v) is 13.1. The summed E-state index contributed by atoms with van der Waals surface area (Å²) in [4.78, 5) is 0.296. The van der Waals surface area contributed by atoms with Crippen molar-refractivity contribution in [1.29, 1.82) is 0 Å². The Bertz CT molecular complexity index is 573. The molecule has 20 heavy (non-hydrogen) atoms. The summed E-state index contributed by atoms with van der Waals surface area (Å²) in [5.41, 5.74) is 7.16. The Kier molecular flexibility index (Phi) is 6.18. The van der Waals surface area contributed by atoms with Crippen LogP contribution in [0.3, 0.4) is 0 Å². The Morgan fingerprint density at radius 2 is 2.10 bits per heavy atom. The van der Waals surface area contributed by atoms with E-state index in [4.69, 9.17) is 22.7 Å². The Balaban J connectivity index is 2.60. The Labute approximate surface area is 124 Å². The quantitative estimate of drug-likeness (QED) is 0.482. The van der Waals surface area contributed by atoms with Gasteiger partial charge in [0.15, 0.2) is 0 Å². The number of nitrogens with two attached hydrogens (primary N) is 1. The predicted molar refractivity (Wildman–Crippen MR) is 84.8 cm³/mol. The molecule has 0 radical (unpaired) electrons. The van der Waals surface area contributed by atoms with Crippen molar-refractivity contribution in [3.63, 3.8) is 0 Å². The van der Waals surface area contributed by atoms with Gasteiger partial charge in [0.2, 0.25) is 10.0 Å². The van der Waals surface area contributed by atoms with Gasteiger partial charge in [-0.2, -0.15) is 0 Å². The third-order valence-corrected chi connectivity index (χ3v) is 3.47. The van der Waals surface area contributed by atoms with Gasteiger partial charge in [0.05, 0.1) is 13.4 Å². The van der Waals surface area contributed by atoms with Gasteiger partial charge >= 0.3 is 0 Å². The fourth-order valence-corrected chi connectivity index (χ4v) is 2.27. The van der Waals surface area contributed by atoms with Crippen LogP contribution in [-0.4, -0.2) is 39.9 Å². The molecule has 0 fully saturated rings. The van der Waals surface area contributed by atoms with Gasteiger partial charge in [-0.3, -0.25) is 0 Å². The van der Waals surface area contributed by atoms with E-state index >= 15 is 0 Å². The number of anilines is 1. The standard InChI is InChI=1S/C12H19N3O3S2/c1-18-9-4-5-10(12(13)19)11(8-9)14-6-3-7-15-20(2,16)17/h4-5,8,14-15H,3,6-7H2,1-2H3,(H2,13,19). The highest BCUT2D eigenvalue weighted by molar-refractivity contribution is 7.88. The molecular formula is C12H19N3O3S2. The van der Waals surface area contributed by atoms with Gasteiger partial charge in [0, 0.05) is 30.4 Å². The maximum absolute atomic E-state index is 10.9. The van der Waals surface area contributed by atoms with Gasteiger partial charge in [-0.15, -0.1) is 0 Å². The summed E-state index contributed by atoms with van der Waals surface area (Å²) in [6.45, 7) is 0.962. The molecule has 1 aromatic rings. The zero-order valence-electron chi connectivity index (χ0n) is 11.5. The van der Waals surface area contributed by atoms with E-state index in [1.54, 1.807) is 25.3 Å². The van der Waals surface area contributed by atoms with Crippen LogP contribution in [0, 0.1) is 0 Å². The maximum atomic E-state index is 10.9. The monoisotopic (exact) mass is 317 g/mol. The summed E-state index contributed by atoms with van der Waals surface area (Å²) >= 11 is 4.98. The first kappa shape index (κ1) is 16.7. The van der Waals surface area contributed by atoms with Gasteiger partial charge in [0.1, 0.15) is 10.7 Å². The third kappa shape index (κ3) is 5.72. The lowest BCUT2D eigenvalue weighted by atomic mass is 10.1. The molecule has 0 heterocycles. The van der Waals surface area contributed by atoms with Crippen LogP contribution in [0.4, 0.5) is 5.69 Å². The normalized spacial score (nSPS) is 11.1. The van der Waals surface area contributed by atoms with Crippen molar-refractivity contribution in [1.82, 2.24) is 4.72 Å². The molecule has 0 atom stereocenters. The number of benzene rings is 1. The van der Waals surface area contributed by atoms with E-state index in [-0.39, 0.29) is 0 Å². The second-order valence-corrected chi connectivity index (χ2v) is 6.50. The van der Waals surface area contributed by atoms with Crippen molar-refractivity contribution in [2.24, 2.45) is 5.73 Å². The van der Waals surface area contributed by atoms with Crippen LogP contribution in [-0.2, 0) is 10.0 Å². The highest BCUT2D eigenvalue weighted by atomic mass is 32.2. The molecule has 0 amide bonds. The fourth-order valence-electron chi connectivity index (χ4n) is 1.58. The van der Waals surface area contributed by atoms with Crippen LogP contribution in [0.2, 0.25) is 0 Å². The first-order chi connectivity index (χ1) is 9.33. The van der Waals surface area contributed by atoms with Crippen molar-refractivity contribution in [2.75, 3.05) is 31.8 Å². The van der Waals surface area contributed by atoms with E-state index in [9.17, 15) is 8.42 Å². The van der Waals surface area contributed by atoms with Gasteiger partial charge < -0.3 is 15.8 Å². The highest BCUT2D eigenvalue weighted by Crippen LogP contribution is 2.22. The molecule has 0 saturated heterocycles. The average Bonchev–Trinajstić information content (AvgIpc) is 2.36.